The lowest BCUT2D eigenvalue weighted by Crippen LogP contribution is -2.54. The molecule has 17 nitrogen and oxygen atoms in total. The van der Waals surface area contributed by atoms with Crippen molar-refractivity contribution in [2.24, 2.45) is 5.92 Å². The Hall–Kier alpha value is -6.26. The zero-order valence-corrected chi connectivity index (χ0v) is 32.4. The molecule has 2 saturated heterocycles. The van der Waals surface area contributed by atoms with Gasteiger partial charge in [0.15, 0.2) is 11.5 Å². The van der Waals surface area contributed by atoms with Crippen molar-refractivity contribution in [1.29, 1.82) is 0 Å². The highest BCUT2D eigenvalue weighted by Gasteiger charge is 2.44. The molecule has 3 fully saturated rings. The Kier molecular flexibility index (Phi) is 11.1. The number of imide groups is 2. The number of imidazole rings is 1. The second kappa shape index (κ2) is 16.7. The molecule has 0 bridgehead atoms. The summed E-state index contributed by atoms with van der Waals surface area (Å²) in [4.78, 5) is 96.4. The first-order chi connectivity index (χ1) is 28.1. The van der Waals surface area contributed by atoms with E-state index in [1.165, 1.54) is 0 Å². The molecule has 4 N–H and O–H groups in total. The van der Waals surface area contributed by atoms with Gasteiger partial charge in [0, 0.05) is 62.5 Å². The highest BCUT2D eigenvalue weighted by Crippen LogP contribution is 2.35. The van der Waals surface area contributed by atoms with Gasteiger partial charge >= 0.3 is 0 Å². The van der Waals surface area contributed by atoms with E-state index in [2.05, 4.69) is 45.8 Å². The Balaban J connectivity index is 0.720. The number of anilines is 2. The Bertz CT molecular complexity index is 2260. The van der Waals surface area contributed by atoms with Gasteiger partial charge in [-0.05, 0) is 88.1 Å². The summed E-state index contributed by atoms with van der Waals surface area (Å²) >= 11 is 0. The first-order valence-corrected chi connectivity index (χ1v) is 20.2. The van der Waals surface area contributed by atoms with Crippen LogP contribution in [0.25, 0.3) is 11.2 Å². The predicted octanol–water partition coefficient (Wildman–Crippen LogP) is 3.39. The topological polar surface area (TPSA) is 214 Å². The molecule has 4 aliphatic rings. The fourth-order valence-corrected chi connectivity index (χ4v) is 8.29. The summed E-state index contributed by atoms with van der Waals surface area (Å²) in [7, 11) is 0. The third-order valence-corrected chi connectivity index (χ3v) is 11.7. The molecule has 17 heteroatoms. The maximum absolute atomic E-state index is 13.1. The summed E-state index contributed by atoms with van der Waals surface area (Å²) in [5.74, 6) is -0.992. The van der Waals surface area contributed by atoms with Gasteiger partial charge in [-0.1, -0.05) is 12.5 Å². The number of hydrogen-bond donors (Lipinski definition) is 4. The number of likely N-dealkylation sites (tertiary alicyclic amines) is 1. The number of hydrogen-bond acceptors (Lipinski definition) is 12. The van der Waals surface area contributed by atoms with Gasteiger partial charge in [0.05, 0.1) is 17.5 Å². The Labute approximate surface area is 334 Å². The third-order valence-electron chi connectivity index (χ3n) is 11.7. The van der Waals surface area contributed by atoms with Crippen molar-refractivity contribution < 1.29 is 28.8 Å². The molecule has 1 aromatic carbocycles. The monoisotopic (exact) mass is 789 g/mol. The van der Waals surface area contributed by atoms with E-state index in [1.807, 2.05) is 24.0 Å². The number of unbranched alkanes of at least 4 members (excludes halogenated alkanes) is 2. The van der Waals surface area contributed by atoms with Crippen LogP contribution in [0.5, 0.6) is 0 Å². The highest BCUT2D eigenvalue weighted by molar-refractivity contribution is 6.23. The van der Waals surface area contributed by atoms with Gasteiger partial charge in [0.25, 0.3) is 17.7 Å². The number of nitrogens with one attached hydrogen (secondary N) is 4. The molecule has 0 spiro atoms. The van der Waals surface area contributed by atoms with Crippen molar-refractivity contribution in [3.63, 3.8) is 0 Å². The van der Waals surface area contributed by atoms with Crippen LogP contribution in [0, 0.1) is 12.8 Å². The molecule has 6 amide bonds. The van der Waals surface area contributed by atoms with Gasteiger partial charge in [0.1, 0.15) is 23.6 Å². The van der Waals surface area contributed by atoms with Crippen molar-refractivity contribution in [3.05, 3.63) is 71.6 Å². The van der Waals surface area contributed by atoms with Crippen LogP contribution in [0.1, 0.15) is 107 Å². The highest BCUT2D eigenvalue weighted by atomic mass is 16.2. The first-order valence-electron chi connectivity index (χ1n) is 20.2. The zero-order chi connectivity index (χ0) is 40.3. The molecule has 1 aliphatic carbocycles. The average molecular weight is 790 g/mol. The standard InChI is InChI=1S/C41H47N11O6/c1-24-6-5-7-31(47-24)38(55)48-27-18-28(19-27)51-23-46-35-36(44-22-45-37(35)51)43-21-25-13-16-50(17-14-25)34(54)8-3-2-4-15-42-26-9-10-29-30(20-26)41(58)52(40(29)57)32-11-12-33(53)49-39(32)56/h5-7,9-10,20,22-23,25,27-28,32,42H,2-4,8,11-19,21H2,1H3,(H,48,55)(H,43,44,45)(H,49,53,56)/t27?,28?,32-/m1/s1. The molecule has 8 rings (SSSR count). The lowest BCUT2D eigenvalue weighted by molar-refractivity contribution is -0.136. The van der Waals surface area contributed by atoms with E-state index in [0.717, 1.165) is 86.3 Å². The number of amides is 6. The van der Waals surface area contributed by atoms with Gasteiger partial charge in [0.2, 0.25) is 17.7 Å². The van der Waals surface area contributed by atoms with Crippen molar-refractivity contribution in [1.82, 2.24) is 44.9 Å². The van der Waals surface area contributed by atoms with Crippen molar-refractivity contribution in [2.45, 2.75) is 89.3 Å². The van der Waals surface area contributed by atoms with E-state index in [1.54, 1.807) is 36.9 Å². The van der Waals surface area contributed by atoms with Gasteiger partial charge < -0.3 is 25.4 Å². The molecule has 3 aliphatic heterocycles. The molecule has 6 heterocycles. The number of rotatable bonds is 14. The molecule has 3 aromatic heterocycles. The van der Waals surface area contributed by atoms with Crippen LogP contribution in [-0.4, -0.2) is 108 Å². The zero-order valence-electron chi connectivity index (χ0n) is 32.4. The summed E-state index contributed by atoms with van der Waals surface area (Å²) < 4.78 is 2.07. The molecular weight excluding hydrogens is 743 g/mol. The van der Waals surface area contributed by atoms with Crippen molar-refractivity contribution >= 4 is 58.1 Å². The van der Waals surface area contributed by atoms with E-state index in [9.17, 15) is 28.8 Å². The normalized spacial score (nSPS) is 20.8. The summed E-state index contributed by atoms with van der Waals surface area (Å²) in [5, 5.41) is 12.1. The molecule has 1 atom stereocenters. The van der Waals surface area contributed by atoms with Crippen LogP contribution < -0.4 is 21.3 Å². The summed E-state index contributed by atoms with van der Waals surface area (Å²) in [6.07, 6.45) is 9.88. The number of pyridine rings is 1. The Morgan fingerprint density at radius 2 is 1.71 bits per heavy atom. The van der Waals surface area contributed by atoms with Crippen molar-refractivity contribution in [2.75, 3.05) is 36.8 Å². The molecule has 1 saturated carbocycles. The number of aromatic nitrogens is 5. The van der Waals surface area contributed by atoms with E-state index in [4.69, 9.17) is 0 Å². The summed E-state index contributed by atoms with van der Waals surface area (Å²) in [5.41, 5.74) is 3.90. The molecule has 0 unspecified atom stereocenters. The lowest BCUT2D eigenvalue weighted by Gasteiger charge is -2.36. The minimum atomic E-state index is -0.993. The Morgan fingerprint density at radius 3 is 2.50 bits per heavy atom. The minimum Gasteiger partial charge on any atom is -0.385 e. The Morgan fingerprint density at radius 1 is 0.897 bits per heavy atom. The number of carbonyl (C=O) groups is 6. The third kappa shape index (κ3) is 8.11. The first kappa shape index (κ1) is 38.6. The predicted molar refractivity (Wildman–Crippen MR) is 212 cm³/mol. The van der Waals surface area contributed by atoms with Crippen LogP contribution in [0.2, 0.25) is 0 Å². The van der Waals surface area contributed by atoms with Crippen LogP contribution in [-0.2, 0) is 14.4 Å². The molecule has 58 heavy (non-hydrogen) atoms. The maximum Gasteiger partial charge on any atom is 0.270 e. The second-order valence-corrected chi connectivity index (χ2v) is 15.7. The average Bonchev–Trinajstić information content (AvgIpc) is 3.74. The molecule has 302 valence electrons. The van der Waals surface area contributed by atoms with E-state index in [0.29, 0.717) is 36.1 Å². The van der Waals surface area contributed by atoms with Crippen molar-refractivity contribution in [3.8, 4) is 0 Å². The van der Waals surface area contributed by atoms with E-state index in [-0.39, 0.29) is 47.9 Å². The lowest BCUT2D eigenvalue weighted by atomic mass is 9.86. The molecule has 4 aromatic rings. The quantitative estimate of drug-likeness (QED) is 0.107. The van der Waals surface area contributed by atoms with Gasteiger partial charge in [-0.15, -0.1) is 0 Å². The fraction of sp³-hybridized carbons (Fsp3) is 0.463. The number of carbonyl (C=O) groups excluding carboxylic acids is 6. The smallest absolute Gasteiger partial charge is 0.270 e. The minimum absolute atomic E-state index is 0.0640. The second-order valence-electron chi connectivity index (χ2n) is 15.7. The number of nitrogens with zero attached hydrogens (tertiary/aromatic N) is 7. The molecule has 0 radical (unpaired) electrons. The van der Waals surface area contributed by atoms with Crippen LogP contribution >= 0.6 is 0 Å². The van der Waals surface area contributed by atoms with Gasteiger partial charge in [-0.3, -0.25) is 39.0 Å². The fourth-order valence-electron chi connectivity index (χ4n) is 8.29. The van der Waals surface area contributed by atoms with E-state index >= 15 is 0 Å². The van der Waals surface area contributed by atoms with E-state index < -0.39 is 29.7 Å². The summed E-state index contributed by atoms with van der Waals surface area (Å²) in [6, 6.07) is 9.64. The molecular formula is C41H47N11O6. The van der Waals surface area contributed by atoms with Crippen LogP contribution in [0.15, 0.2) is 49.1 Å². The number of piperidine rings is 2. The van der Waals surface area contributed by atoms with Crippen LogP contribution in [0.3, 0.4) is 0 Å². The SMILES string of the molecule is Cc1cccc(C(=O)NC2CC(n3cnc4c(NCC5CCN(C(=O)CCCCCNc6ccc7c(c6)C(=O)N([C@@H]6CCC(=O)NC6=O)C7=O)CC5)ncnc43)C2)n1. The van der Waals surface area contributed by atoms with Gasteiger partial charge in [-0.2, -0.15) is 0 Å². The number of fused-ring (bicyclic) bond motifs is 2. The largest absolute Gasteiger partial charge is 0.385 e. The number of benzene rings is 1. The maximum atomic E-state index is 13.1. The van der Waals surface area contributed by atoms with Crippen LogP contribution in [0.4, 0.5) is 11.5 Å². The summed E-state index contributed by atoms with van der Waals surface area (Å²) in [6.45, 7) is 4.68. The van der Waals surface area contributed by atoms with Gasteiger partial charge in [-0.25, -0.2) is 19.9 Å². The number of aryl methyl sites for hydroxylation is 1.